The molecule has 2 saturated carbocycles. The third-order valence-corrected chi connectivity index (χ3v) is 5.56. The molecule has 0 aliphatic heterocycles. The summed E-state index contributed by atoms with van der Waals surface area (Å²) < 4.78 is 6.13. The number of aliphatic hydroxyl groups excluding tert-OH is 1. The Bertz CT molecular complexity index is 484. The Kier molecular flexibility index (Phi) is 5.96. The van der Waals surface area contributed by atoms with Crippen LogP contribution in [0.2, 0.25) is 0 Å². The molecule has 1 aromatic rings. The van der Waals surface area contributed by atoms with Crippen molar-refractivity contribution in [3.63, 3.8) is 0 Å². The maximum absolute atomic E-state index is 10.7. The fourth-order valence-electron chi connectivity index (χ4n) is 4.05. The second-order valence-corrected chi connectivity index (χ2v) is 7.36. The molecule has 3 atom stereocenters. The number of nitrogens with one attached hydrogen (secondary N) is 1. The molecule has 2 aliphatic rings. The van der Waals surface area contributed by atoms with E-state index in [1.165, 1.54) is 32.1 Å². The van der Waals surface area contributed by atoms with Crippen molar-refractivity contribution in [3.8, 4) is 5.75 Å². The molecule has 1 aromatic carbocycles. The van der Waals surface area contributed by atoms with Gasteiger partial charge in [0.05, 0.1) is 0 Å². The summed E-state index contributed by atoms with van der Waals surface area (Å²) in [5, 5.41) is 14.4. The quantitative estimate of drug-likeness (QED) is 0.867. The van der Waals surface area contributed by atoms with Crippen LogP contribution in [-0.4, -0.2) is 29.9 Å². The van der Waals surface area contributed by atoms with E-state index in [1.54, 1.807) is 0 Å². The molecule has 0 saturated heterocycles. The fourth-order valence-corrected chi connectivity index (χ4v) is 4.05. The van der Waals surface area contributed by atoms with Crippen molar-refractivity contribution in [1.29, 1.82) is 0 Å². The van der Waals surface area contributed by atoms with Gasteiger partial charge >= 0.3 is 0 Å². The van der Waals surface area contributed by atoms with E-state index in [-0.39, 0.29) is 12.1 Å². The van der Waals surface area contributed by atoms with Crippen molar-refractivity contribution < 1.29 is 9.84 Å². The summed E-state index contributed by atoms with van der Waals surface area (Å²) in [5.74, 6) is 1.71. The van der Waals surface area contributed by atoms with Gasteiger partial charge in [0.2, 0.25) is 0 Å². The second-order valence-electron chi connectivity index (χ2n) is 7.36. The first-order valence-electron chi connectivity index (χ1n) is 9.38. The van der Waals surface area contributed by atoms with E-state index < -0.39 is 6.10 Å². The topological polar surface area (TPSA) is 41.5 Å². The molecular weight excluding hydrogens is 286 g/mol. The van der Waals surface area contributed by atoms with Crippen molar-refractivity contribution in [1.82, 2.24) is 5.32 Å². The number of hydrogen-bond acceptors (Lipinski definition) is 3. The summed E-state index contributed by atoms with van der Waals surface area (Å²) in [5.41, 5.74) is 1.14. The van der Waals surface area contributed by atoms with E-state index in [1.807, 2.05) is 18.2 Å². The van der Waals surface area contributed by atoms with E-state index in [0.717, 1.165) is 43.0 Å². The zero-order valence-corrected chi connectivity index (χ0v) is 14.3. The van der Waals surface area contributed by atoms with Crippen LogP contribution in [0.4, 0.5) is 0 Å². The predicted molar refractivity (Wildman–Crippen MR) is 93.8 cm³/mol. The molecule has 0 radical (unpaired) electrons. The van der Waals surface area contributed by atoms with Gasteiger partial charge in [0.15, 0.2) is 0 Å². The minimum atomic E-state index is -0.410. The first-order chi connectivity index (χ1) is 11.2. The van der Waals surface area contributed by atoms with E-state index in [2.05, 4.69) is 18.3 Å². The molecule has 0 amide bonds. The first-order valence-corrected chi connectivity index (χ1v) is 9.38. The van der Waals surface area contributed by atoms with Crippen molar-refractivity contribution >= 4 is 0 Å². The standard InChI is InChI=1S/C20H31NO2/c1-15-8-5-6-12-18(15)23-19-13-7-11-17(20(19)22)21-14-16-9-3-2-4-10-16/h5-6,8,12,16-17,19-22H,2-4,7,9-11,13-14H2,1H3/t17-,19+,20+/m0/s1. The maximum Gasteiger partial charge on any atom is 0.126 e. The fraction of sp³-hybridized carbons (Fsp3) is 0.700. The lowest BCUT2D eigenvalue weighted by molar-refractivity contribution is -0.0166. The Morgan fingerprint density at radius 1 is 1.04 bits per heavy atom. The molecule has 0 unspecified atom stereocenters. The highest BCUT2D eigenvalue weighted by Gasteiger charge is 2.33. The van der Waals surface area contributed by atoms with Crippen LogP contribution in [0.25, 0.3) is 0 Å². The van der Waals surface area contributed by atoms with Crippen molar-refractivity contribution in [2.75, 3.05) is 6.54 Å². The number of aliphatic hydroxyl groups is 1. The Hall–Kier alpha value is -1.06. The number of para-hydroxylation sites is 1. The van der Waals surface area contributed by atoms with Crippen LogP contribution < -0.4 is 10.1 Å². The van der Waals surface area contributed by atoms with Crippen LogP contribution in [-0.2, 0) is 0 Å². The normalized spacial score (nSPS) is 29.4. The monoisotopic (exact) mass is 317 g/mol. The lowest BCUT2D eigenvalue weighted by atomic mass is 9.87. The zero-order chi connectivity index (χ0) is 16.1. The Labute approximate surface area is 140 Å². The van der Waals surface area contributed by atoms with Gasteiger partial charge in [-0.05, 0) is 63.1 Å². The van der Waals surface area contributed by atoms with Crippen LogP contribution in [0.1, 0.15) is 56.9 Å². The Balaban J connectivity index is 1.53. The second kappa shape index (κ2) is 8.16. The maximum atomic E-state index is 10.7. The highest BCUT2D eigenvalue weighted by Crippen LogP contribution is 2.27. The molecule has 3 heteroatoms. The average molecular weight is 317 g/mol. The lowest BCUT2D eigenvalue weighted by Gasteiger charge is -2.36. The summed E-state index contributed by atoms with van der Waals surface area (Å²) in [6.07, 6.45) is 9.46. The number of hydrogen-bond donors (Lipinski definition) is 2. The Morgan fingerprint density at radius 3 is 2.61 bits per heavy atom. The number of aryl methyl sites for hydroxylation is 1. The molecule has 2 aliphatic carbocycles. The zero-order valence-electron chi connectivity index (χ0n) is 14.3. The van der Waals surface area contributed by atoms with Crippen LogP contribution in [0.5, 0.6) is 5.75 Å². The summed E-state index contributed by atoms with van der Waals surface area (Å²) in [6.45, 7) is 3.11. The summed E-state index contributed by atoms with van der Waals surface area (Å²) in [4.78, 5) is 0. The molecule has 2 N–H and O–H groups in total. The first kappa shape index (κ1) is 16.8. The minimum Gasteiger partial charge on any atom is -0.487 e. The van der Waals surface area contributed by atoms with Gasteiger partial charge < -0.3 is 15.2 Å². The van der Waals surface area contributed by atoms with Gasteiger partial charge in [-0.25, -0.2) is 0 Å². The molecule has 3 rings (SSSR count). The SMILES string of the molecule is Cc1ccccc1O[C@@H]1CCC[C@H](NCC2CCCCC2)[C@H]1O. The van der Waals surface area contributed by atoms with Crippen LogP contribution in [0, 0.1) is 12.8 Å². The third-order valence-electron chi connectivity index (χ3n) is 5.56. The van der Waals surface area contributed by atoms with Crippen LogP contribution in [0.15, 0.2) is 24.3 Å². The molecule has 23 heavy (non-hydrogen) atoms. The van der Waals surface area contributed by atoms with E-state index in [4.69, 9.17) is 4.74 Å². The van der Waals surface area contributed by atoms with Gasteiger partial charge in [-0.1, -0.05) is 37.5 Å². The predicted octanol–water partition coefficient (Wildman–Crippen LogP) is 3.83. The molecular formula is C20H31NO2. The molecule has 128 valence electrons. The smallest absolute Gasteiger partial charge is 0.126 e. The van der Waals surface area contributed by atoms with Gasteiger partial charge in [-0.15, -0.1) is 0 Å². The molecule has 2 fully saturated rings. The van der Waals surface area contributed by atoms with Gasteiger partial charge in [0.1, 0.15) is 18.0 Å². The van der Waals surface area contributed by atoms with Gasteiger partial charge in [-0.3, -0.25) is 0 Å². The van der Waals surface area contributed by atoms with E-state index in [9.17, 15) is 5.11 Å². The van der Waals surface area contributed by atoms with E-state index >= 15 is 0 Å². The molecule has 3 nitrogen and oxygen atoms in total. The van der Waals surface area contributed by atoms with Crippen LogP contribution in [0.3, 0.4) is 0 Å². The van der Waals surface area contributed by atoms with Gasteiger partial charge in [0, 0.05) is 6.04 Å². The number of benzene rings is 1. The number of ether oxygens (including phenoxy) is 1. The van der Waals surface area contributed by atoms with Crippen molar-refractivity contribution in [2.24, 2.45) is 5.92 Å². The summed E-state index contributed by atoms with van der Waals surface area (Å²) in [6, 6.07) is 8.26. The van der Waals surface area contributed by atoms with E-state index in [0.29, 0.717) is 0 Å². The van der Waals surface area contributed by atoms with Crippen LogP contribution >= 0.6 is 0 Å². The van der Waals surface area contributed by atoms with Gasteiger partial charge in [0.25, 0.3) is 0 Å². The molecule has 0 aromatic heterocycles. The minimum absolute atomic E-state index is 0.0892. The summed E-state index contributed by atoms with van der Waals surface area (Å²) in [7, 11) is 0. The largest absolute Gasteiger partial charge is 0.487 e. The third kappa shape index (κ3) is 4.48. The summed E-state index contributed by atoms with van der Waals surface area (Å²) >= 11 is 0. The number of rotatable bonds is 5. The molecule has 0 heterocycles. The highest BCUT2D eigenvalue weighted by molar-refractivity contribution is 5.32. The Morgan fingerprint density at radius 2 is 1.83 bits per heavy atom. The molecule has 0 bridgehead atoms. The molecule has 0 spiro atoms. The lowest BCUT2D eigenvalue weighted by Crippen LogP contribution is -2.52. The average Bonchev–Trinajstić information content (AvgIpc) is 2.58. The van der Waals surface area contributed by atoms with Crippen molar-refractivity contribution in [2.45, 2.75) is 76.5 Å². The highest BCUT2D eigenvalue weighted by atomic mass is 16.5. The van der Waals surface area contributed by atoms with Crippen molar-refractivity contribution in [3.05, 3.63) is 29.8 Å². The van der Waals surface area contributed by atoms with Gasteiger partial charge in [-0.2, -0.15) is 0 Å².